The maximum Gasteiger partial charge on any atom is 0.133 e. The summed E-state index contributed by atoms with van der Waals surface area (Å²) in [5.41, 5.74) is 0.643. The Bertz CT molecular complexity index is 534. The molecule has 0 heterocycles. The van der Waals surface area contributed by atoms with Crippen molar-refractivity contribution >= 4 is 21.7 Å². The Morgan fingerprint density at radius 2 is 1.75 bits per heavy atom. The lowest BCUT2D eigenvalue weighted by Crippen LogP contribution is -2.56. The summed E-state index contributed by atoms with van der Waals surface area (Å²) in [5.74, 6) is 3.79. The van der Waals surface area contributed by atoms with Crippen LogP contribution in [0.25, 0.3) is 0 Å². The summed E-state index contributed by atoms with van der Waals surface area (Å²) < 4.78 is 0. The number of rotatable bonds is 1. The molecule has 0 aromatic heterocycles. The lowest BCUT2D eigenvalue weighted by Gasteiger charge is -2.61. The molecule has 0 unspecified atom stereocenters. The zero-order valence-corrected chi connectivity index (χ0v) is 17.0. The van der Waals surface area contributed by atoms with Gasteiger partial charge in [0, 0.05) is 10.7 Å². The van der Waals surface area contributed by atoms with E-state index in [4.69, 9.17) is 0 Å². The van der Waals surface area contributed by atoms with Crippen LogP contribution in [0.2, 0.25) is 0 Å². The molecule has 4 rings (SSSR count). The summed E-state index contributed by atoms with van der Waals surface area (Å²) in [7, 11) is 0. The van der Waals surface area contributed by atoms with Gasteiger partial charge in [0.1, 0.15) is 5.78 Å². The number of aliphatic hydroxyl groups is 1. The fourth-order valence-electron chi connectivity index (χ4n) is 7.90. The molecule has 0 radical (unpaired) electrons. The first-order valence-corrected chi connectivity index (χ1v) is 11.0. The van der Waals surface area contributed by atoms with E-state index in [1.807, 2.05) is 6.92 Å². The van der Waals surface area contributed by atoms with E-state index < -0.39 is 0 Å². The third kappa shape index (κ3) is 2.32. The fraction of sp³-hybridized carbons (Fsp3) is 0.952. The van der Waals surface area contributed by atoms with Gasteiger partial charge in [0.25, 0.3) is 0 Å². The van der Waals surface area contributed by atoms with Crippen molar-refractivity contribution in [2.24, 2.45) is 40.4 Å². The summed E-state index contributed by atoms with van der Waals surface area (Å²) in [4.78, 5) is 12.5. The quantitative estimate of drug-likeness (QED) is 0.635. The van der Waals surface area contributed by atoms with E-state index in [-0.39, 0.29) is 16.3 Å². The van der Waals surface area contributed by atoms with E-state index in [2.05, 4.69) is 29.8 Å². The van der Waals surface area contributed by atoms with Crippen molar-refractivity contribution in [3.8, 4) is 0 Å². The van der Waals surface area contributed by atoms with E-state index in [0.29, 0.717) is 23.0 Å². The molecule has 4 aliphatic carbocycles. The van der Waals surface area contributed by atoms with Crippen molar-refractivity contribution in [1.82, 2.24) is 0 Å². The molecule has 4 aliphatic rings. The molecule has 4 saturated carbocycles. The number of Topliss-reactive ketones (excluding diaryl/α,β-unsaturated/α-hetero) is 1. The first-order valence-electron chi connectivity index (χ1n) is 10.1. The average molecular weight is 397 g/mol. The van der Waals surface area contributed by atoms with Gasteiger partial charge in [-0.05, 0) is 92.8 Å². The minimum Gasteiger partial charge on any atom is -0.392 e. The molecular formula is C21H33BrO2. The van der Waals surface area contributed by atoms with Crippen LogP contribution in [0, 0.1) is 40.4 Å². The molecule has 3 heteroatoms. The van der Waals surface area contributed by atoms with Gasteiger partial charge in [-0.15, -0.1) is 0 Å². The molecule has 2 nitrogen and oxygen atoms in total. The predicted octanol–water partition coefficient (Wildman–Crippen LogP) is 4.97. The Balaban J connectivity index is 1.62. The fourth-order valence-corrected chi connectivity index (χ4v) is 8.82. The van der Waals surface area contributed by atoms with Crippen LogP contribution in [0.4, 0.5) is 0 Å². The van der Waals surface area contributed by atoms with E-state index in [9.17, 15) is 9.90 Å². The molecule has 24 heavy (non-hydrogen) atoms. The number of carbonyl (C=O) groups excluding carboxylic acids is 1. The summed E-state index contributed by atoms with van der Waals surface area (Å²) in [5, 5.41) is 10.3. The third-order valence-corrected chi connectivity index (χ3v) is 10.1. The lowest BCUT2D eigenvalue weighted by molar-refractivity contribution is -0.137. The average Bonchev–Trinajstić information content (AvgIpc) is 2.86. The van der Waals surface area contributed by atoms with Gasteiger partial charge in [-0.25, -0.2) is 0 Å². The number of alkyl halides is 1. The molecule has 0 aromatic carbocycles. The van der Waals surface area contributed by atoms with Crippen molar-refractivity contribution in [3.05, 3.63) is 0 Å². The highest BCUT2D eigenvalue weighted by atomic mass is 79.9. The van der Waals surface area contributed by atoms with Crippen LogP contribution in [-0.4, -0.2) is 21.8 Å². The van der Waals surface area contributed by atoms with Crippen molar-refractivity contribution in [3.63, 3.8) is 0 Å². The summed E-state index contributed by atoms with van der Waals surface area (Å²) in [6.45, 7) is 6.77. The number of hydrogen-bond acceptors (Lipinski definition) is 2. The Labute approximate surface area is 155 Å². The molecule has 9 atom stereocenters. The molecule has 0 spiro atoms. The van der Waals surface area contributed by atoms with E-state index in [1.54, 1.807) is 0 Å². The number of ketones is 1. The Morgan fingerprint density at radius 1 is 1.04 bits per heavy atom. The van der Waals surface area contributed by atoms with Crippen LogP contribution in [0.3, 0.4) is 0 Å². The number of halogens is 1. The molecular weight excluding hydrogens is 364 g/mol. The van der Waals surface area contributed by atoms with Crippen LogP contribution in [-0.2, 0) is 4.79 Å². The number of fused-ring (bicyclic) bond motifs is 5. The Hall–Kier alpha value is 0.110. The molecule has 0 bridgehead atoms. The van der Waals surface area contributed by atoms with Gasteiger partial charge in [0.05, 0.1) is 6.10 Å². The van der Waals surface area contributed by atoms with Gasteiger partial charge in [-0.3, -0.25) is 4.79 Å². The summed E-state index contributed by atoms with van der Waals surface area (Å²) in [6.07, 6.45) is 9.48. The van der Waals surface area contributed by atoms with Crippen LogP contribution in [0.1, 0.15) is 72.1 Å². The highest BCUT2D eigenvalue weighted by Gasteiger charge is 2.61. The SMILES string of the molecule is CC(=O)[C@H]1CC[C@H]2[C@@H]3CC[C@H]4C[C@H](O)[C@@H](Br)C[C@]4(C)[C@H]3CC[C@]12C. The largest absolute Gasteiger partial charge is 0.392 e. The van der Waals surface area contributed by atoms with Crippen LogP contribution in [0.5, 0.6) is 0 Å². The molecule has 1 N–H and O–H groups in total. The first-order chi connectivity index (χ1) is 11.3. The van der Waals surface area contributed by atoms with Crippen LogP contribution >= 0.6 is 15.9 Å². The van der Waals surface area contributed by atoms with Gasteiger partial charge in [0.2, 0.25) is 0 Å². The van der Waals surface area contributed by atoms with Crippen LogP contribution < -0.4 is 0 Å². The van der Waals surface area contributed by atoms with Crippen molar-refractivity contribution in [2.75, 3.05) is 0 Å². The number of hydrogen-bond donors (Lipinski definition) is 1. The maximum absolute atomic E-state index is 12.2. The van der Waals surface area contributed by atoms with Crippen molar-refractivity contribution in [2.45, 2.75) is 83.1 Å². The van der Waals surface area contributed by atoms with Crippen molar-refractivity contribution in [1.29, 1.82) is 0 Å². The summed E-state index contributed by atoms with van der Waals surface area (Å²) >= 11 is 3.77. The molecule has 4 fully saturated rings. The van der Waals surface area contributed by atoms with E-state index in [0.717, 1.165) is 37.0 Å². The molecule has 136 valence electrons. The minimum absolute atomic E-state index is 0.165. The van der Waals surface area contributed by atoms with Crippen LogP contribution in [0.15, 0.2) is 0 Å². The second-order valence-electron chi connectivity index (χ2n) is 9.97. The zero-order valence-electron chi connectivity index (χ0n) is 15.4. The summed E-state index contributed by atoms with van der Waals surface area (Å²) in [6, 6.07) is 0. The second-order valence-corrected chi connectivity index (χ2v) is 11.1. The molecule has 0 amide bonds. The van der Waals surface area contributed by atoms with Gasteiger partial charge < -0.3 is 5.11 Å². The topological polar surface area (TPSA) is 37.3 Å². The number of carbonyl (C=O) groups is 1. The van der Waals surface area contributed by atoms with Gasteiger partial charge >= 0.3 is 0 Å². The van der Waals surface area contributed by atoms with Crippen molar-refractivity contribution < 1.29 is 9.90 Å². The second kappa shape index (κ2) is 5.81. The van der Waals surface area contributed by atoms with Gasteiger partial charge in [-0.2, -0.15) is 0 Å². The normalized spacial score (nSPS) is 57.0. The van der Waals surface area contributed by atoms with E-state index in [1.165, 1.54) is 32.1 Å². The van der Waals surface area contributed by atoms with Gasteiger partial charge in [-0.1, -0.05) is 29.8 Å². The molecule has 0 aliphatic heterocycles. The number of aliphatic hydroxyl groups excluding tert-OH is 1. The zero-order chi connectivity index (χ0) is 17.3. The standard InChI is InChI=1S/C21H33BrO2/c1-12(23)15-6-7-16-14-5-4-13-10-19(24)18(22)11-21(13,3)17(14)8-9-20(15,16)2/h13-19,24H,4-11H2,1-3H3/t13-,14-,15+,16-,17-,18-,19-,20+,21-/m0/s1. The molecule has 0 saturated heterocycles. The molecule has 0 aromatic rings. The monoisotopic (exact) mass is 396 g/mol. The Kier molecular flexibility index (Phi) is 4.24. The smallest absolute Gasteiger partial charge is 0.133 e. The lowest BCUT2D eigenvalue weighted by atomic mass is 9.44. The Morgan fingerprint density at radius 3 is 2.46 bits per heavy atom. The first kappa shape index (κ1) is 17.5. The highest BCUT2D eigenvalue weighted by molar-refractivity contribution is 9.09. The predicted molar refractivity (Wildman–Crippen MR) is 100 cm³/mol. The minimum atomic E-state index is -0.165. The maximum atomic E-state index is 12.2. The highest BCUT2D eigenvalue weighted by Crippen LogP contribution is 2.67. The van der Waals surface area contributed by atoms with Gasteiger partial charge in [0.15, 0.2) is 0 Å². The van der Waals surface area contributed by atoms with E-state index >= 15 is 0 Å². The third-order valence-electron chi connectivity index (χ3n) is 9.13.